The van der Waals surface area contributed by atoms with Crippen molar-refractivity contribution < 1.29 is 66.5 Å². The van der Waals surface area contributed by atoms with E-state index >= 15 is 0 Å². The third-order valence-corrected chi connectivity index (χ3v) is 6.99. The van der Waals surface area contributed by atoms with Crippen molar-refractivity contribution in [3.05, 3.63) is 35.9 Å². The van der Waals surface area contributed by atoms with E-state index in [0.29, 0.717) is 5.56 Å². The zero-order chi connectivity index (χ0) is 37.8. The molecule has 0 fully saturated rings. The monoisotopic (exact) mass is 710 g/mol. The molecule has 0 aromatic heterocycles. The van der Waals surface area contributed by atoms with Crippen LogP contribution in [0.5, 0.6) is 0 Å². The van der Waals surface area contributed by atoms with Crippen molar-refractivity contribution in [2.75, 3.05) is 28.0 Å². The number of ether oxygens (including phenoxy) is 4. The van der Waals surface area contributed by atoms with E-state index in [1.807, 2.05) is 0 Å². The number of nitrogens with one attached hydrogen (secondary N) is 4. The number of Topliss-reactive ketones (excluding diaryl/α,β-unsaturated/α-hetero) is 2. The molecule has 4 N–H and O–H groups in total. The Hall–Kier alpha value is -5.42. The number of alkyl carbamates (subject to hydrolysis) is 1. The van der Waals surface area contributed by atoms with Crippen molar-refractivity contribution in [1.82, 2.24) is 21.3 Å². The van der Waals surface area contributed by atoms with E-state index in [0.717, 1.165) is 21.3 Å². The average molecular weight is 711 g/mol. The maximum absolute atomic E-state index is 13.5. The molecule has 0 bridgehead atoms. The average Bonchev–Trinajstić information content (AvgIpc) is 3.10. The summed E-state index contributed by atoms with van der Waals surface area (Å²) in [7, 11) is 3.17. The van der Waals surface area contributed by atoms with Crippen LogP contribution in [0.4, 0.5) is 9.18 Å². The van der Waals surface area contributed by atoms with Crippen molar-refractivity contribution >= 4 is 53.3 Å². The minimum Gasteiger partial charge on any atom is -0.469 e. The highest BCUT2D eigenvalue weighted by atomic mass is 19.1. The van der Waals surface area contributed by atoms with Gasteiger partial charge in [-0.3, -0.25) is 38.4 Å². The van der Waals surface area contributed by atoms with Gasteiger partial charge < -0.3 is 40.2 Å². The van der Waals surface area contributed by atoms with Gasteiger partial charge in [0.2, 0.25) is 17.7 Å². The van der Waals surface area contributed by atoms with Gasteiger partial charge in [-0.05, 0) is 17.9 Å². The summed E-state index contributed by atoms with van der Waals surface area (Å²) in [6.07, 6.45) is -4.12. The summed E-state index contributed by atoms with van der Waals surface area (Å²) in [4.78, 5) is 113. The van der Waals surface area contributed by atoms with Crippen LogP contribution in [0.1, 0.15) is 51.5 Å². The number of esters is 3. The highest BCUT2D eigenvalue weighted by molar-refractivity contribution is 6.05. The highest BCUT2D eigenvalue weighted by Crippen LogP contribution is 2.10. The van der Waals surface area contributed by atoms with Gasteiger partial charge in [-0.1, -0.05) is 44.2 Å². The number of halogens is 1. The van der Waals surface area contributed by atoms with Crippen LogP contribution in [0.15, 0.2) is 30.3 Å². The fourth-order valence-corrected chi connectivity index (χ4v) is 4.18. The summed E-state index contributed by atoms with van der Waals surface area (Å²) in [5.74, 6) is -8.34. The standard InChI is InChI=1S/C32H43FN4O13/c1-18(2)28(31(45)35-22(14-26(41)48-4)24(39)13-20(38)16-33)37-29(43)21(11-12-25(40)47-3)34-30(44)23(15-27(42)49-5)36-32(46)50-17-19-9-7-6-8-10-19/h6-10,18,21-23,28H,11-17H2,1-5H3,(H,34,44)(H,35,45)(H,36,46)(H,37,43)/t21-,22-,23-,28-/m0/s1. The smallest absolute Gasteiger partial charge is 0.408 e. The van der Waals surface area contributed by atoms with Crippen molar-refractivity contribution in [3.8, 4) is 0 Å². The van der Waals surface area contributed by atoms with Crippen LogP contribution in [0.2, 0.25) is 0 Å². The fourth-order valence-electron chi connectivity index (χ4n) is 4.18. The number of hydrogen-bond acceptors (Lipinski definition) is 13. The lowest BCUT2D eigenvalue weighted by molar-refractivity contribution is -0.144. The van der Waals surface area contributed by atoms with E-state index < -0.39 is 109 Å². The number of amides is 4. The van der Waals surface area contributed by atoms with Crippen molar-refractivity contribution in [2.24, 2.45) is 5.92 Å². The zero-order valence-electron chi connectivity index (χ0n) is 28.4. The number of carbonyl (C=O) groups is 9. The number of rotatable bonds is 21. The van der Waals surface area contributed by atoms with E-state index in [9.17, 15) is 47.5 Å². The van der Waals surface area contributed by atoms with Crippen molar-refractivity contribution in [2.45, 2.75) is 76.7 Å². The molecule has 0 saturated carbocycles. The molecule has 0 spiro atoms. The Morgan fingerprint density at radius 1 is 0.680 bits per heavy atom. The second-order valence-corrected chi connectivity index (χ2v) is 11.1. The highest BCUT2D eigenvalue weighted by Gasteiger charge is 2.34. The van der Waals surface area contributed by atoms with Crippen LogP contribution in [0, 0.1) is 5.92 Å². The topological polar surface area (TPSA) is 239 Å². The molecule has 0 heterocycles. The van der Waals surface area contributed by atoms with Crippen molar-refractivity contribution in [1.29, 1.82) is 0 Å². The first-order valence-corrected chi connectivity index (χ1v) is 15.3. The van der Waals surface area contributed by atoms with Crippen LogP contribution >= 0.6 is 0 Å². The van der Waals surface area contributed by atoms with Crippen LogP contribution < -0.4 is 21.3 Å². The molecule has 50 heavy (non-hydrogen) atoms. The molecule has 18 heteroatoms. The van der Waals surface area contributed by atoms with Crippen LogP contribution in [-0.2, 0) is 63.9 Å². The van der Waals surface area contributed by atoms with E-state index in [1.165, 1.54) is 13.8 Å². The quantitative estimate of drug-likeness (QED) is 0.0746. The van der Waals surface area contributed by atoms with Gasteiger partial charge in [0, 0.05) is 6.42 Å². The first kappa shape index (κ1) is 42.6. The number of hydrogen-bond donors (Lipinski definition) is 4. The predicted octanol–water partition coefficient (Wildman–Crippen LogP) is -0.0310. The molecule has 4 amide bonds. The van der Waals surface area contributed by atoms with Crippen LogP contribution in [0.25, 0.3) is 0 Å². The molecule has 0 aliphatic carbocycles. The summed E-state index contributed by atoms with van der Waals surface area (Å²) < 4.78 is 31.6. The second-order valence-electron chi connectivity index (χ2n) is 11.1. The largest absolute Gasteiger partial charge is 0.469 e. The van der Waals surface area contributed by atoms with Gasteiger partial charge >= 0.3 is 24.0 Å². The lowest BCUT2D eigenvalue weighted by atomic mass is 9.99. The van der Waals surface area contributed by atoms with Gasteiger partial charge in [-0.25, -0.2) is 9.18 Å². The molecule has 17 nitrogen and oxygen atoms in total. The maximum Gasteiger partial charge on any atom is 0.408 e. The molecule has 276 valence electrons. The number of ketones is 2. The van der Waals surface area contributed by atoms with Gasteiger partial charge in [0.05, 0.1) is 46.6 Å². The molecule has 4 atom stereocenters. The van der Waals surface area contributed by atoms with Crippen LogP contribution in [-0.4, -0.2) is 105 Å². The van der Waals surface area contributed by atoms with Gasteiger partial charge in [-0.15, -0.1) is 0 Å². The zero-order valence-corrected chi connectivity index (χ0v) is 28.4. The molecule has 1 aromatic rings. The molecular formula is C32H43FN4O13. The normalized spacial score (nSPS) is 12.9. The molecule has 0 aliphatic heterocycles. The number of carbonyl (C=O) groups excluding carboxylic acids is 9. The Bertz CT molecular complexity index is 1370. The van der Waals surface area contributed by atoms with E-state index in [1.54, 1.807) is 30.3 Å². The number of alkyl halides is 1. The Morgan fingerprint density at radius 2 is 1.22 bits per heavy atom. The number of benzene rings is 1. The van der Waals surface area contributed by atoms with E-state index in [-0.39, 0.29) is 19.4 Å². The maximum atomic E-state index is 13.5. The fraction of sp³-hybridized carbons (Fsp3) is 0.531. The summed E-state index contributed by atoms with van der Waals surface area (Å²) in [6, 6.07) is 2.38. The summed E-state index contributed by atoms with van der Waals surface area (Å²) in [5, 5.41) is 9.29. The molecular weight excluding hydrogens is 667 g/mol. The summed E-state index contributed by atoms with van der Waals surface area (Å²) in [5.41, 5.74) is 0.633. The molecule has 1 rings (SSSR count). The number of methoxy groups -OCH3 is 3. The first-order chi connectivity index (χ1) is 23.6. The minimum absolute atomic E-state index is 0.166. The van der Waals surface area contributed by atoms with Crippen molar-refractivity contribution in [3.63, 3.8) is 0 Å². The van der Waals surface area contributed by atoms with Gasteiger partial charge in [-0.2, -0.15) is 0 Å². The van der Waals surface area contributed by atoms with Crippen LogP contribution in [0.3, 0.4) is 0 Å². The van der Waals surface area contributed by atoms with E-state index in [4.69, 9.17) is 4.74 Å². The predicted molar refractivity (Wildman–Crippen MR) is 169 cm³/mol. The SMILES string of the molecule is COC(=O)CC[C@H](NC(=O)[C@H](CC(=O)OC)NC(=O)OCc1ccccc1)C(=O)N[C@H](C(=O)N[C@@H](CC(=O)OC)C(=O)CC(=O)CF)C(C)C. The Labute approximate surface area is 287 Å². The third-order valence-electron chi connectivity index (χ3n) is 6.99. The second kappa shape index (κ2) is 22.3. The van der Waals surface area contributed by atoms with E-state index in [2.05, 4.69) is 35.5 Å². The molecule has 0 unspecified atom stereocenters. The minimum atomic E-state index is -1.61. The lowest BCUT2D eigenvalue weighted by Crippen LogP contribution is -2.59. The molecule has 0 radical (unpaired) electrons. The first-order valence-electron chi connectivity index (χ1n) is 15.3. The summed E-state index contributed by atoms with van der Waals surface area (Å²) in [6.45, 7) is 1.43. The van der Waals surface area contributed by atoms with Gasteiger partial charge in [0.1, 0.15) is 31.4 Å². The summed E-state index contributed by atoms with van der Waals surface area (Å²) >= 11 is 0. The molecule has 1 aromatic carbocycles. The van der Waals surface area contributed by atoms with Gasteiger partial charge in [0.25, 0.3) is 0 Å². The molecule has 0 saturated heterocycles. The third kappa shape index (κ3) is 15.7. The lowest BCUT2D eigenvalue weighted by Gasteiger charge is -2.27. The Kier molecular flexibility index (Phi) is 19.0. The Morgan fingerprint density at radius 3 is 1.76 bits per heavy atom. The Balaban J connectivity index is 3.22. The van der Waals surface area contributed by atoms with Gasteiger partial charge in [0.15, 0.2) is 11.6 Å². The molecule has 0 aliphatic rings.